The third kappa shape index (κ3) is 11.0. The molecule has 41 heavy (non-hydrogen) atoms. The average molecular weight is 576 g/mol. The molecule has 0 aliphatic carbocycles. The van der Waals surface area contributed by atoms with Gasteiger partial charge in [-0.3, -0.25) is 0 Å². The molecule has 2 rings (SSSR count). The number of fused-ring (bicyclic) bond motifs is 2. The topological polar surface area (TPSA) is 160 Å². The van der Waals surface area contributed by atoms with Gasteiger partial charge in [0.1, 0.15) is 24.2 Å². The Kier molecular flexibility index (Phi) is 13.2. The van der Waals surface area contributed by atoms with Crippen LogP contribution in [0.5, 0.6) is 0 Å². The number of carboxylic acids is 1. The van der Waals surface area contributed by atoms with Crippen LogP contribution in [0.25, 0.3) is 5.57 Å². The Labute approximate surface area is 242 Å². The lowest BCUT2D eigenvalue weighted by atomic mass is 9.93. The minimum absolute atomic E-state index is 0.0708. The van der Waals surface area contributed by atoms with E-state index in [0.29, 0.717) is 30.8 Å². The highest BCUT2D eigenvalue weighted by Crippen LogP contribution is 2.24. The van der Waals surface area contributed by atoms with E-state index in [1.165, 1.54) is 20.1 Å². The molecule has 2 heterocycles. The molecule has 228 valence electrons. The van der Waals surface area contributed by atoms with Gasteiger partial charge in [-0.05, 0) is 57.6 Å². The van der Waals surface area contributed by atoms with E-state index in [1.807, 2.05) is 13.8 Å². The van der Waals surface area contributed by atoms with E-state index < -0.39 is 47.9 Å². The first-order valence-corrected chi connectivity index (χ1v) is 13.9. The van der Waals surface area contributed by atoms with E-state index in [9.17, 15) is 24.9 Å². The number of allylic oxidation sites excluding steroid dienone is 3. The third-order valence-corrected chi connectivity index (χ3v) is 7.24. The van der Waals surface area contributed by atoms with Crippen LogP contribution in [0, 0.1) is 11.8 Å². The second kappa shape index (κ2) is 15.8. The number of aryl methyl sites for hydroxylation is 1. The Morgan fingerprint density at radius 1 is 1.27 bits per heavy atom. The summed E-state index contributed by atoms with van der Waals surface area (Å²) in [4.78, 5) is 28.4. The quantitative estimate of drug-likeness (QED) is 0.276. The molecule has 1 aliphatic heterocycles. The monoisotopic (exact) mass is 575 g/mol. The van der Waals surface area contributed by atoms with Crippen molar-refractivity contribution < 1.29 is 43.9 Å². The van der Waals surface area contributed by atoms with Crippen molar-refractivity contribution in [2.75, 3.05) is 7.11 Å². The number of aliphatic hydroxyl groups excluding tert-OH is 2. The summed E-state index contributed by atoms with van der Waals surface area (Å²) in [6.45, 7) is 8.65. The number of nitrogens with zero attached hydrogens (tertiary/aromatic N) is 1. The van der Waals surface area contributed by atoms with E-state index in [4.69, 9.17) is 19.0 Å². The number of methoxy groups -OCH3 is 1. The molecule has 1 aliphatic rings. The number of aromatic nitrogens is 1. The van der Waals surface area contributed by atoms with Gasteiger partial charge in [0, 0.05) is 31.9 Å². The zero-order chi connectivity index (χ0) is 30.7. The highest BCUT2D eigenvalue weighted by atomic mass is 16.6. The molecule has 0 aromatic carbocycles. The molecule has 4 N–H and O–H groups in total. The van der Waals surface area contributed by atoms with Crippen molar-refractivity contribution in [1.29, 1.82) is 0 Å². The summed E-state index contributed by atoms with van der Waals surface area (Å²) >= 11 is 0. The summed E-state index contributed by atoms with van der Waals surface area (Å²) in [5.41, 5.74) is 0.282. The van der Waals surface area contributed by atoms with Crippen LogP contribution >= 0.6 is 0 Å². The number of hydrogen-bond acceptors (Lipinski definition) is 9. The van der Waals surface area contributed by atoms with Crippen molar-refractivity contribution in [3.63, 3.8) is 0 Å². The Morgan fingerprint density at radius 3 is 2.63 bits per heavy atom. The van der Waals surface area contributed by atoms with Crippen LogP contribution in [-0.2, 0) is 25.5 Å². The van der Waals surface area contributed by atoms with E-state index in [-0.39, 0.29) is 12.3 Å². The van der Waals surface area contributed by atoms with Gasteiger partial charge in [-0.2, -0.15) is 0 Å². The summed E-state index contributed by atoms with van der Waals surface area (Å²) < 4.78 is 16.9. The zero-order valence-corrected chi connectivity index (χ0v) is 24.8. The summed E-state index contributed by atoms with van der Waals surface area (Å²) in [6, 6.07) is 0. The van der Waals surface area contributed by atoms with Gasteiger partial charge in [0.15, 0.2) is 11.5 Å². The molecule has 1 aromatic rings. The number of esters is 1. The van der Waals surface area contributed by atoms with Crippen LogP contribution in [-0.4, -0.2) is 74.5 Å². The summed E-state index contributed by atoms with van der Waals surface area (Å²) in [7, 11) is 1.50. The predicted molar refractivity (Wildman–Crippen MR) is 154 cm³/mol. The maximum atomic E-state index is 12.8. The van der Waals surface area contributed by atoms with Gasteiger partial charge in [0.25, 0.3) is 0 Å². The Morgan fingerprint density at radius 2 is 1.98 bits per heavy atom. The lowest BCUT2D eigenvalue weighted by Gasteiger charge is -2.29. The van der Waals surface area contributed by atoms with E-state index in [0.717, 1.165) is 17.6 Å². The first kappa shape index (κ1) is 34.2. The van der Waals surface area contributed by atoms with Crippen LogP contribution in [0.2, 0.25) is 0 Å². The number of aliphatic carboxylic acids is 1. The number of rotatable bonds is 7. The lowest BCUT2D eigenvalue weighted by molar-refractivity contribution is -0.156. The molecule has 1 aromatic heterocycles. The van der Waals surface area contributed by atoms with Crippen LogP contribution in [0.3, 0.4) is 0 Å². The maximum Gasteiger partial charge on any atom is 0.335 e. The van der Waals surface area contributed by atoms with Gasteiger partial charge < -0.3 is 34.3 Å². The molecule has 2 bridgehead atoms. The lowest BCUT2D eigenvalue weighted by Crippen LogP contribution is -2.41. The van der Waals surface area contributed by atoms with Crippen molar-refractivity contribution in [2.45, 2.75) is 96.7 Å². The normalized spacial score (nSPS) is 30.9. The molecule has 0 amide bonds. The molecule has 4 unspecified atom stereocenters. The Balaban J connectivity index is 2.31. The molecule has 0 radical (unpaired) electrons. The first-order valence-electron chi connectivity index (χ1n) is 13.9. The van der Waals surface area contributed by atoms with Crippen molar-refractivity contribution >= 4 is 17.5 Å². The van der Waals surface area contributed by atoms with Gasteiger partial charge in [0.05, 0.1) is 12.2 Å². The standard InChI is InChI=1S/C31H45NO9/c1-19(9-7-8-14-31(5,38)30(36)37)16-26-29(35)25(39-6)15-20(2)10-12-27-32-23(18-40-27)22(4)17-24(33)21(3)11-13-28(34)41-26/h7-8,11,13,16-18,20-21,24-26,29,33,35,38H,9-10,12,14-15H2,1-6H3,(H,36,37)/b8-7-,13-11+,19-16+,22-17+/t20?,21-,24?,25?,26-,29?,31-/m0/s1. The molecule has 0 spiro atoms. The van der Waals surface area contributed by atoms with Crippen molar-refractivity contribution in [3.05, 3.63) is 59.9 Å². The van der Waals surface area contributed by atoms with Gasteiger partial charge in [-0.15, -0.1) is 0 Å². The Bertz CT molecular complexity index is 1130. The number of oxazole rings is 1. The Hall–Kier alpha value is -3.05. The highest BCUT2D eigenvalue weighted by Gasteiger charge is 2.31. The van der Waals surface area contributed by atoms with Crippen LogP contribution in [0.4, 0.5) is 0 Å². The van der Waals surface area contributed by atoms with E-state index in [1.54, 1.807) is 50.5 Å². The number of aliphatic hydroxyl groups is 3. The largest absolute Gasteiger partial charge is 0.479 e. The van der Waals surface area contributed by atoms with Crippen LogP contribution < -0.4 is 0 Å². The number of carbonyl (C=O) groups is 2. The number of cyclic esters (lactones) is 1. The molecule has 0 saturated carbocycles. The molecule has 0 saturated heterocycles. The SMILES string of the molecule is COC1CC(C)CCc2nc(co2)/C(C)=C/C(O)[C@@H](C)/C=C/C(=O)O[C@@H](/C=C(\C)C/C=C\C[C@](C)(O)C(=O)O)C1O. The molecular formula is C31H45NO9. The second-order valence-electron chi connectivity index (χ2n) is 11.2. The average Bonchev–Trinajstić information content (AvgIpc) is 3.39. The van der Waals surface area contributed by atoms with Crippen LogP contribution in [0.1, 0.15) is 71.9 Å². The molecule has 10 nitrogen and oxygen atoms in total. The second-order valence-corrected chi connectivity index (χ2v) is 11.2. The molecule has 10 heteroatoms. The minimum atomic E-state index is -1.87. The molecular weight excluding hydrogens is 530 g/mol. The van der Waals surface area contributed by atoms with E-state index >= 15 is 0 Å². The third-order valence-electron chi connectivity index (χ3n) is 7.24. The van der Waals surface area contributed by atoms with Gasteiger partial charge in [-0.25, -0.2) is 14.6 Å². The fraction of sp³-hybridized carbons (Fsp3) is 0.581. The van der Waals surface area contributed by atoms with Gasteiger partial charge in [0.2, 0.25) is 0 Å². The molecule has 7 atom stereocenters. The maximum absolute atomic E-state index is 12.8. The predicted octanol–water partition coefficient (Wildman–Crippen LogP) is 4.01. The number of carboxylic acid groups (broad SMARTS) is 1. The molecule has 0 fully saturated rings. The number of hydrogen-bond donors (Lipinski definition) is 4. The summed E-state index contributed by atoms with van der Waals surface area (Å²) in [6.07, 6.45) is 9.32. The van der Waals surface area contributed by atoms with E-state index in [2.05, 4.69) is 4.98 Å². The summed E-state index contributed by atoms with van der Waals surface area (Å²) in [5, 5.41) is 40.8. The minimum Gasteiger partial charge on any atom is -0.479 e. The van der Waals surface area contributed by atoms with Crippen molar-refractivity contribution in [1.82, 2.24) is 4.98 Å². The number of carbonyl (C=O) groups excluding carboxylic acids is 1. The highest BCUT2D eigenvalue weighted by molar-refractivity contribution is 5.82. The van der Waals surface area contributed by atoms with Crippen molar-refractivity contribution in [2.24, 2.45) is 11.8 Å². The van der Waals surface area contributed by atoms with Gasteiger partial charge in [-0.1, -0.05) is 43.7 Å². The van der Waals surface area contributed by atoms with Gasteiger partial charge >= 0.3 is 11.9 Å². The number of ether oxygens (including phenoxy) is 2. The fourth-order valence-electron chi connectivity index (χ4n) is 4.31. The summed E-state index contributed by atoms with van der Waals surface area (Å²) in [5.74, 6) is -1.71. The van der Waals surface area contributed by atoms with Crippen LogP contribution in [0.15, 0.2) is 52.7 Å². The fourth-order valence-corrected chi connectivity index (χ4v) is 4.31. The first-order chi connectivity index (χ1) is 19.2. The smallest absolute Gasteiger partial charge is 0.335 e. The zero-order valence-electron chi connectivity index (χ0n) is 24.8. The van der Waals surface area contributed by atoms with Crippen molar-refractivity contribution in [3.8, 4) is 0 Å².